The lowest BCUT2D eigenvalue weighted by molar-refractivity contribution is 0.302. The molecule has 0 bridgehead atoms. The molecule has 1 aromatic carbocycles. The fourth-order valence-corrected chi connectivity index (χ4v) is 3.25. The van der Waals surface area contributed by atoms with E-state index in [4.69, 9.17) is 5.11 Å². The number of aryl methyl sites for hydroxylation is 1. The van der Waals surface area contributed by atoms with Crippen LogP contribution in [0.2, 0.25) is 0 Å². The summed E-state index contributed by atoms with van der Waals surface area (Å²) in [4.78, 5) is 4.86. The molecule has 0 fully saturated rings. The van der Waals surface area contributed by atoms with Crippen molar-refractivity contribution in [3.05, 3.63) is 46.2 Å². The molecule has 1 heterocycles. The van der Waals surface area contributed by atoms with Gasteiger partial charge in [0.1, 0.15) is 0 Å². The van der Waals surface area contributed by atoms with Crippen LogP contribution in [0.5, 0.6) is 0 Å². The van der Waals surface area contributed by atoms with E-state index in [1.54, 1.807) is 0 Å². The highest BCUT2D eigenvalue weighted by atomic mass is 32.1. The van der Waals surface area contributed by atoms with Crippen molar-refractivity contribution in [3.8, 4) is 0 Å². The Balaban J connectivity index is 2.02. The molecule has 1 unspecified atom stereocenters. The summed E-state index contributed by atoms with van der Waals surface area (Å²) < 4.78 is 0. The van der Waals surface area contributed by atoms with Crippen molar-refractivity contribution >= 4 is 22.7 Å². The van der Waals surface area contributed by atoms with Gasteiger partial charge in [0.25, 0.3) is 0 Å². The first kappa shape index (κ1) is 15.9. The van der Waals surface area contributed by atoms with Crippen LogP contribution in [-0.4, -0.2) is 24.8 Å². The Kier molecular flexibility index (Phi) is 5.65. The molecule has 0 saturated heterocycles. The first-order chi connectivity index (χ1) is 10.1. The summed E-state index contributed by atoms with van der Waals surface area (Å²) in [5.41, 5.74) is 2.27. The Morgan fingerprint density at radius 1 is 1.19 bits per heavy atom. The van der Waals surface area contributed by atoms with Gasteiger partial charge in [-0.3, -0.25) is 0 Å². The predicted octanol–water partition coefficient (Wildman–Crippen LogP) is 4.05. The highest BCUT2D eigenvalue weighted by Gasteiger charge is 2.08. The Hall–Kier alpha value is -1.52. The largest absolute Gasteiger partial charge is 0.395 e. The van der Waals surface area contributed by atoms with Crippen LogP contribution in [0.25, 0.3) is 0 Å². The number of nitrogens with one attached hydrogen (secondary N) is 1. The van der Waals surface area contributed by atoms with Crippen LogP contribution in [-0.2, 0) is 0 Å². The van der Waals surface area contributed by atoms with E-state index in [0.29, 0.717) is 12.6 Å². The van der Waals surface area contributed by atoms with Crippen LogP contribution in [0.3, 0.4) is 0 Å². The average molecular weight is 304 g/mol. The molecule has 0 amide bonds. The summed E-state index contributed by atoms with van der Waals surface area (Å²) >= 11 is 1.83. The minimum Gasteiger partial charge on any atom is -0.395 e. The third kappa shape index (κ3) is 4.22. The van der Waals surface area contributed by atoms with Crippen LogP contribution >= 0.6 is 11.3 Å². The molecule has 0 radical (unpaired) electrons. The Morgan fingerprint density at radius 2 is 1.90 bits per heavy atom. The molecule has 21 heavy (non-hydrogen) atoms. The molecule has 2 rings (SSSR count). The highest BCUT2D eigenvalue weighted by Crippen LogP contribution is 2.26. The van der Waals surface area contributed by atoms with Crippen molar-refractivity contribution in [3.63, 3.8) is 0 Å². The number of hydrogen-bond acceptors (Lipinski definition) is 4. The SMILES string of the molecule is CCN(CCO)c1ccc(NC(C)c2ccc(C)s2)cc1. The fraction of sp³-hybridized carbons (Fsp3) is 0.412. The molecule has 4 heteroatoms. The van der Waals surface area contributed by atoms with Crippen LogP contribution < -0.4 is 10.2 Å². The number of aliphatic hydroxyl groups is 1. The second-order valence-corrected chi connectivity index (χ2v) is 6.48. The minimum atomic E-state index is 0.183. The zero-order valence-corrected chi connectivity index (χ0v) is 13.8. The van der Waals surface area contributed by atoms with E-state index < -0.39 is 0 Å². The lowest BCUT2D eigenvalue weighted by Gasteiger charge is -2.22. The van der Waals surface area contributed by atoms with Crippen molar-refractivity contribution in [2.24, 2.45) is 0 Å². The first-order valence-corrected chi connectivity index (χ1v) is 8.24. The maximum atomic E-state index is 9.08. The number of hydrogen-bond donors (Lipinski definition) is 2. The summed E-state index contributed by atoms with van der Waals surface area (Å²) in [5.74, 6) is 0. The highest BCUT2D eigenvalue weighted by molar-refractivity contribution is 7.12. The maximum absolute atomic E-state index is 9.08. The molecular weight excluding hydrogens is 280 g/mol. The van der Waals surface area contributed by atoms with Gasteiger partial charge in [-0.1, -0.05) is 0 Å². The van der Waals surface area contributed by atoms with Crippen LogP contribution in [0.1, 0.15) is 29.6 Å². The molecule has 0 aliphatic heterocycles. The zero-order chi connectivity index (χ0) is 15.2. The van der Waals surface area contributed by atoms with E-state index in [-0.39, 0.29) is 6.61 Å². The monoisotopic (exact) mass is 304 g/mol. The van der Waals surface area contributed by atoms with Crippen molar-refractivity contribution in [2.75, 3.05) is 29.9 Å². The van der Waals surface area contributed by atoms with E-state index in [1.807, 2.05) is 11.3 Å². The molecular formula is C17H24N2OS. The standard InChI is InChI=1S/C17H24N2OS/c1-4-19(11-12-20)16-8-6-15(7-9-16)18-14(3)17-10-5-13(2)21-17/h5-10,14,18,20H,4,11-12H2,1-3H3. The smallest absolute Gasteiger partial charge is 0.0606 e. The quantitative estimate of drug-likeness (QED) is 0.810. The number of anilines is 2. The molecule has 2 N–H and O–H groups in total. The topological polar surface area (TPSA) is 35.5 Å². The molecule has 0 aliphatic carbocycles. The van der Waals surface area contributed by atoms with E-state index in [9.17, 15) is 0 Å². The van der Waals surface area contributed by atoms with Crippen LogP contribution in [0, 0.1) is 6.92 Å². The van der Waals surface area contributed by atoms with E-state index in [2.05, 4.69) is 67.4 Å². The number of aliphatic hydroxyl groups excluding tert-OH is 1. The summed E-state index contributed by atoms with van der Waals surface area (Å²) in [6.45, 7) is 8.18. The average Bonchev–Trinajstić information content (AvgIpc) is 2.92. The maximum Gasteiger partial charge on any atom is 0.0606 e. The molecule has 0 aliphatic rings. The molecule has 3 nitrogen and oxygen atoms in total. The van der Waals surface area contributed by atoms with Crippen LogP contribution in [0.15, 0.2) is 36.4 Å². The van der Waals surface area contributed by atoms with Gasteiger partial charge in [-0.25, -0.2) is 0 Å². The summed E-state index contributed by atoms with van der Waals surface area (Å²) in [7, 11) is 0. The number of rotatable bonds is 7. The van der Waals surface area contributed by atoms with Gasteiger partial charge in [-0.05, 0) is 57.2 Å². The molecule has 114 valence electrons. The lowest BCUT2D eigenvalue weighted by atomic mass is 10.2. The van der Waals surface area contributed by atoms with Crippen molar-refractivity contribution in [1.82, 2.24) is 0 Å². The van der Waals surface area contributed by atoms with E-state index in [0.717, 1.165) is 17.9 Å². The van der Waals surface area contributed by atoms with Gasteiger partial charge in [0, 0.05) is 34.2 Å². The number of nitrogens with zero attached hydrogens (tertiary/aromatic N) is 1. The lowest BCUT2D eigenvalue weighted by Crippen LogP contribution is -2.25. The van der Waals surface area contributed by atoms with Gasteiger partial charge in [-0.2, -0.15) is 0 Å². The second-order valence-electron chi connectivity index (χ2n) is 5.16. The van der Waals surface area contributed by atoms with Crippen molar-refractivity contribution in [2.45, 2.75) is 26.8 Å². The van der Waals surface area contributed by atoms with Gasteiger partial charge in [-0.15, -0.1) is 11.3 Å². The Labute approximate surface area is 131 Å². The Bertz CT molecular complexity index is 550. The molecule has 1 atom stereocenters. The van der Waals surface area contributed by atoms with Gasteiger partial charge in [0.2, 0.25) is 0 Å². The third-order valence-corrected chi connectivity index (χ3v) is 4.74. The first-order valence-electron chi connectivity index (χ1n) is 7.42. The van der Waals surface area contributed by atoms with Gasteiger partial charge < -0.3 is 15.3 Å². The third-order valence-electron chi connectivity index (χ3n) is 3.56. The second kappa shape index (κ2) is 7.48. The van der Waals surface area contributed by atoms with Crippen molar-refractivity contribution in [1.29, 1.82) is 0 Å². The molecule has 2 aromatic rings. The van der Waals surface area contributed by atoms with Gasteiger partial charge >= 0.3 is 0 Å². The predicted molar refractivity (Wildman–Crippen MR) is 92.5 cm³/mol. The number of benzene rings is 1. The fourth-order valence-electron chi connectivity index (χ4n) is 2.37. The minimum absolute atomic E-state index is 0.183. The summed E-state index contributed by atoms with van der Waals surface area (Å²) in [5, 5.41) is 12.6. The normalized spacial score (nSPS) is 12.2. The van der Waals surface area contributed by atoms with E-state index >= 15 is 0 Å². The number of likely N-dealkylation sites (N-methyl/N-ethyl adjacent to an activating group) is 1. The summed E-state index contributed by atoms with van der Waals surface area (Å²) in [6, 6.07) is 13.1. The Morgan fingerprint density at radius 3 is 2.43 bits per heavy atom. The molecule has 1 aromatic heterocycles. The van der Waals surface area contributed by atoms with Gasteiger partial charge in [0.15, 0.2) is 0 Å². The van der Waals surface area contributed by atoms with Crippen molar-refractivity contribution < 1.29 is 5.11 Å². The van der Waals surface area contributed by atoms with Gasteiger partial charge in [0.05, 0.1) is 12.6 Å². The number of thiophene rings is 1. The zero-order valence-electron chi connectivity index (χ0n) is 13.0. The summed E-state index contributed by atoms with van der Waals surface area (Å²) in [6.07, 6.45) is 0. The van der Waals surface area contributed by atoms with Crippen LogP contribution in [0.4, 0.5) is 11.4 Å². The molecule has 0 saturated carbocycles. The molecule has 0 spiro atoms. The van der Waals surface area contributed by atoms with E-state index in [1.165, 1.54) is 9.75 Å².